The van der Waals surface area contributed by atoms with E-state index < -0.39 is 5.72 Å². The van der Waals surface area contributed by atoms with Crippen molar-refractivity contribution in [1.29, 1.82) is 0 Å². The summed E-state index contributed by atoms with van der Waals surface area (Å²) >= 11 is 0. The molecular formula is C21H24N2O3. The van der Waals surface area contributed by atoms with E-state index in [1.807, 2.05) is 43.3 Å². The maximum Gasteiger partial charge on any atom is 0.255 e. The summed E-state index contributed by atoms with van der Waals surface area (Å²) in [5.41, 5.74) is 1.47. The van der Waals surface area contributed by atoms with Crippen LogP contribution in [-0.4, -0.2) is 37.4 Å². The molecule has 5 heteroatoms. The monoisotopic (exact) mass is 352 g/mol. The third-order valence-electron chi connectivity index (χ3n) is 5.73. The lowest BCUT2D eigenvalue weighted by molar-refractivity contribution is -0.182. The fourth-order valence-electron chi connectivity index (χ4n) is 4.41. The van der Waals surface area contributed by atoms with Gasteiger partial charge in [0, 0.05) is 19.5 Å². The molecule has 1 fully saturated rings. The van der Waals surface area contributed by atoms with E-state index in [9.17, 15) is 4.79 Å². The van der Waals surface area contributed by atoms with Crippen LogP contribution in [0.15, 0.2) is 54.6 Å². The minimum Gasteiger partial charge on any atom is -0.465 e. The van der Waals surface area contributed by atoms with Crippen molar-refractivity contribution < 1.29 is 14.4 Å². The minimum atomic E-state index is -0.744. The van der Waals surface area contributed by atoms with E-state index >= 15 is 0 Å². The van der Waals surface area contributed by atoms with Crippen LogP contribution in [0.5, 0.6) is 5.75 Å². The van der Waals surface area contributed by atoms with Crippen molar-refractivity contribution in [2.24, 2.45) is 5.92 Å². The zero-order valence-electron chi connectivity index (χ0n) is 15.4. The molecule has 26 heavy (non-hydrogen) atoms. The molecule has 1 amide bonds. The van der Waals surface area contributed by atoms with Gasteiger partial charge in [-0.15, -0.1) is 0 Å². The van der Waals surface area contributed by atoms with Crippen LogP contribution in [0, 0.1) is 5.92 Å². The zero-order chi connectivity index (χ0) is 18.3. The number of amides is 1. The van der Waals surface area contributed by atoms with E-state index in [1.165, 1.54) is 12.2 Å². The lowest BCUT2D eigenvalue weighted by Gasteiger charge is -2.48. The number of ether oxygens (including phenoxy) is 1. The number of carbonyl (C=O) groups excluding carboxylic acids is 1. The van der Waals surface area contributed by atoms with Crippen molar-refractivity contribution in [2.45, 2.75) is 25.0 Å². The molecule has 2 aliphatic heterocycles. The Kier molecular flexibility index (Phi) is 4.11. The third-order valence-corrected chi connectivity index (χ3v) is 5.73. The molecule has 3 atom stereocenters. The van der Waals surface area contributed by atoms with Gasteiger partial charge in [-0.3, -0.25) is 9.63 Å². The molecule has 0 saturated carbocycles. The predicted octanol–water partition coefficient (Wildman–Crippen LogP) is 3.43. The smallest absolute Gasteiger partial charge is 0.255 e. The Morgan fingerprint density at radius 3 is 2.62 bits per heavy atom. The number of carbonyl (C=O) groups is 1. The summed E-state index contributed by atoms with van der Waals surface area (Å²) in [6.07, 6.45) is 0.880. The van der Waals surface area contributed by atoms with Crippen LogP contribution < -0.4 is 9.64 Å². The summed E-state index contributed by atoms with van der Waals surface area (Å²) in [4.78, 5) is 20.8. The van der Waals surface area contributed by atoms with E-state index in [0.717, 1.165) is 30.0 Å². The first kappa shape index (κ1) is 16.9. The average Bonchev–Trinajstić information content (AvgIpc) is 2.98. The van der Waals surface area contributed by atoms with Crippen LogP contribution in [0.4, 0.5) is 5.69 Å². The fraction of sp³-hybridized carbons (Fsp3) is 0.381. The minimum absolute atomic E-state index is 0.0665. The van der Waals surface area contributed by atoms with Gasteiger partial charge in [-0.1, -0.05) is 42.5 Å². The van der Waals surface area contributed by atoms with Crippen molar-refractivity contribution in [1.82, 2.24) is 5.06 Å². The van der Waals surface area contributed by atoms with Crippen LogP contribution >= 0.6 is 0 Å². The summed E-state index contributed by atoms with van der Waals surface area (Å²) < 4.78 is 6.40. The molecule has 0 radical (unpaired) electrons. The summed E-state index contributed by atoms with van der Waals surface area (Å²) in [5.74, 6) is 0.454. The predicted molar refractivity (Wildman–Crippen MR) is 99.9 cm³/mol. The SMILES string of the molecule is CON(C)C(=O)[C@H]1[C@H](c2ccccc2)CCN2c3ccccc3O[C@]12C. The number of benzene rings is 2. The Balaban J connectivity index is 1.80. The number of hydrogen-bond donors (Lipinski definition) is 0. The lowest BCUT2D eigenvalue weighted by atomic mass is 9.73. The second-order valence-corrected chi connectivity index (χ2v) is 7.08. The Morgan fingerprint density at radius 1 is 1.19 bits per heavy atom. The van der Waals surface area contributed by atoms with Crippen LogP contribution in [0.1, 0.15) is 24.8 Å². The molecule has 136 valence electrons. The van der Waals surface area contributed by atoms with E-state index in [1.54, 1.807) is 7.05 Å². The third kappa shape index (κ3) is 2.46. The lowest BCUT2D eigenvalue weighted by Crippen LogP contribution is -2.62. The summed E-state index contributed by atoms with van der Waals surface area (Å²) in [7, 11) is 3.18. The Bertz CT molecular complexity index is 810. The average molecular weight is 352 g/mol. The summed E-state index contributed by atoms with van der Waals surface area (Å²) in [6, 6.07) is 18.2. The standard InChI is InChI=1S/C21H24N2O3/c1-21-19(20(24)22(2)25-3)16(15-9-5-4-6-10-15)13-14-23(21)17-11-7-8-12-18(17)26-21/h4-12,16,19H,13-14H2,1-3H3/t16-,19+,21+/m0/s1. The second-order valence-electron chi connectivity index (χ2n) is 7.08. The van der Waals surface area contributed by atoms with Crippen LogP contribution in [0.3, 0.4) is 0 Å². The van der Waals surface area contributed by atoms with Gasteiger partial charge in [0.2, 0.25) is 0 Å². The van der Waals surface area contributed by atoms with Crippen molar-refractivity contribution in [2.75, 3.05) is 25.6 Å². The highest BCUT2D eigenvalue weighted by Gasteiger charge is 2.57. The molecule has 0 bridgehead atoms. The van der Waals surface area contributed by atoms with E-state index in [0.29, 0.717) is 0 Å². The molecule has 0 aliphatic carbocycles. The van der Waals surface area contributed by atoms with Gasteiger partial charge in [0.15, 0.2) is 5.72 Å². The first-order chi connectivity index (χ1) is 12.6. The normalized spacial score (nSPS) is 26.7. The molecular weight excluding hydrogens is 328 g/mol. The van der Waals surface area contributed by atoms with Crippen LogP contribution in [-0.2, 0) is 9.63 Å². The first-order valence-corrected chi connectivity index (χ1v) is 8.98. The van der Waals surface area contributed by atoms with Crippen molar-refractivity contribution in [3.8, 4) is 5.75 Å². The summed E-state index contributed by atoms with van der Waals surface area (Å²) in [6.45, 7) is 2.86. The topological polar surface area (TPSA) is 42.0 Å². The highest BCUT2D eigenvalue weighted by Crippen LogP contribution is 2.52. The highest BCUT2D eigenvalue weighted by molar-refractivity contribution is 5.82. The zero-order valence-corrected chi connectivity index (χ0v) is 15.4. The number of hydroxylamine groups is 2. The second kappa shape index (κ2) is 6.32. The van der Waals surface area contributed by atoms with Crippen LogP contribution in [0.2, 0.25) is 0 Å². The number of anilines is 1. The Hall–Kier alpha value is -2.53. The number of nitrogens with zero attached hydrogens (tertiary/aromatic N) is 2. The van der Waals surface area contributed by atoms with Gasteiger partial charge in [0.25, 0.3) is 5.91 Å². The largest absolute Gasteiger partial charge is 0.465 e. The maximum absolute atomic E-state index is 13.3. The fourth-order valence-corrected chi connectivity index (χ4v) is 4.41. The van der Waals surface area contributed by atoms with Crippen molar-refractivity contribution in [3.63, 3.8) is 0 Å². The number of piperidine rings is 1. The van der Waals surface area contributed by atoms with Crippen molar-refractivity contribution in [3.05, 3.63) is 60.2 Å². The number of rotatable bonds is 3. The maximum atomic E-state index is 13.3. The quantitative estimate of drug-likeness (QED) is 0.794. The van der Waals surface area contributed by atoms with E-state index in [4.69, 9.17) is 9.57 Å². The number of fused-ring (bicyclic) bond motifs is 3. The van der Waals surface area contributed by atoms with E-state index in [-0.39, 0.29) is 17.7 Å². The van der Waals surface area contributed by atoms with Gasteiger partial charge < -0.3 is 9.64 Å². The Labute approximate surface area is 154 Å². The molecule has 0 spiro atoms. The molecule has 0 aromatic heterocycles. The molecule has 1 saturated heterocycles. The van der Waals surface area contributed by atoms with Gasteiger partial charge in [-0.25, -0.2) is 5.06 Å². The van der Waals surface area contributed by atoms with Crippen LogP contribution in [0.25, 0.3) is 0 Å². The number of para-hydroxylation sites is 2. The molecule has 2 heterocycles. The molecule has 4 rings (SSSR count). The molecule has 0 unspecified atom stereocenters. The van der Waals surface area contributed by atoms with Gasteiger partial charge in [-0.05, 0) is 31.0 Å². The van der Waals surface area contributed by atoms with Gasteiger partial charge >= 0.3 is 0 Å². The Morgan fingerprint density at radius 2 is 1.88 bits per heavy atom. The molecule has 2 aromatic carbocycles. The molecule has 0 N–H and O–H groups in total. The number of hydrogen-bond acceptors (Lipinski definition) is 4. The molecule has 5 nitrogen and oxygen atoms in total. The van der Waals surface area contributed by atoms with Crippen molar-refractivity contribution >= 4 is 11.6 Å². The first-order valence-electron chi connectivity index (χ1n) is 8.98. The van der Waals surface area contributed by atoms with E-state index in [2.05, 4.69) is 23.1 Å². The molecule has 2 aliphatic rings. The van der Waals surface area contributed by atoms with Gasteiger partial charge in [0.1, 0.15) is 11.7 Å². The van der Waals surface area contributed by atoms with Gasteiger partial charge in [-0.2, -0.15) is 0 Å². The summed E-state index contributed by atoms with van der Waals surface area (Å²) in [5, 5.41) is 1.32. The highest BCUT2D eigenvalue weighted by atomic mass is 16.7. The van der Waals surface area contributed by atoms with Gasteiger partial charge in [0.05, 0.1) is 12.8 Å². The molecule has 2 aromatic rings.